The summed E-state index contributed by atoms with van der Waals surface area (Å²) in [6.07, 6.45) is 2.04. The van der Waals surface area contributed by atoms with E-state index in [0.717, 1.165) is 36.4 Å². The van der Waals surface area contributed by atoms with Crippen molar-refractivity contribution in [1.29, 1.82) is 0 Å². The van der Waals surface area contributed by atoms with Crippen LogP contribution in [0.15, 0.2) is 36.5 Å². The molecule has 1 aliphatic rings. The maximum atomic E-state index is 15.1. The van der Waals surface area contributed by atoms with Gasteiger partial charge < -0.3 is 14.6 Å². The second kappa shape index (κ2) is 8.54. The Morgan fingerprint density at radius 3 is 2.60 bits per heavy atom. The van der Waals surface area contributed by atoms with E-state index in [4.69, 9.17) is 21.3 Å². The minimum absolute atomic E-state index is 0.0297. The quantitative estimate of drug-likeness (QED) is 0.389. The van der Waals surface area contributed by atoms with Crippen molar-refractivity contribution in [2.24, 2.45) is 0 Å². The summed E-state index contributed by atoms with van der Waals surface area (Å²) >= 11 is 6.04. The normalized spacial score (nSPS) is 14.3. The minimum Gasteiger partial charge on any atom is -0.378 e. The highest BCUT2D eigenvalue weighted by molar-refractivity contribution is 6.28. The summed E-state index contributed by atoms with van der Waals surface area (Å²) in [5.41, 5.74) is 3.45. The van der Waals surface area contributed by atoms with Crippen molar-refractivity contribution in [3.8, 4) is 17.1 Å². The summed E-state index contributed by atoms with van der Waals surface area (Å²) in [5, 5.41) is 8.35. The van der Waals surface area contributed by atoms with Crippen molar-refractivity contribution < 1.29 is 13.5 Å². The number of anilines is 1. The molecule has 11 heteroatoms. The molecule has 1 N–H and O–H groups in total. The number of hydrogen-bond donors (Lipinski definition) is 1. The van der Waals surface area contributed by atoms with Crippen LogP contribution >= 0.6 is 11.6 Å². The molecule has 0 unspecified atom stereocenters. The molecule has 0 aliphatic carbocycles. The van der Waals surface area contributed by atoms with Crippen molar-refractivity contribution in [3.05, 3.63) is 59.3 Å². The van der Waals surface area contributed by atoms with Gasteiger partial charge in [-0.15, -0.1) is 10.2 Å². The predicted octanol–water partition coefficient (Wildman–Crippen LogP) is 4.69. The molecule has 1 aliphatic heterocycles. The van der Waals surface area contributed by atoms with Crippen molar-refractivity contribution >= 4 is 39.2 Å². The number of aryl methyl sites for hydroxylation is 1. The lowest BCUT2D eigenvalue weighted by Crippen LogP contribution is -2.36. The Morgan fingerprint density at radius 1 is 1.06 bits per heavy atom. The monoisotopic (exact) mass is 495 g/mol. The summed E-state index contributed by atoms with van der Waals surface area (Å²) in [5.74, 6) is 0.0121. The van der Waals surface area contributed by atoms with Gasteiger partial charge in [0.15, 0.2) is 5.82 Å². The molecule has 1 fully saturated rings. The Kier molecular flexibility index (Phi) is 5.34. The summed E-state index contributed by atoms with van der Waals surface area (Å²) in [6, 6.07) is 7.89. The Bertz CT molecular complexity index is 1580. The maximum absolute atomic E-state index is 15.1. The zero-order valence-corrected chi connectivity index (χ0v) is 19.5. The average molecular weight is 496 g/mol. The first kappa shape index (κ1) is 21.9. The molecule has 0 radical (unpaired) electrons. The number of ether oxygens (including phenoxy) is 1. The zero-order valence-electron chi connectivity index (χ0n) is 18.7. The van der Waals surface area contributed by atoms with Crippen molar-refractivity contribution in [1.82, 2.24) is 29.7 Å². The van der Waals surface area contributed by atoms with E-state index in [-0.39, 0.29) is 16.2 Å². The second-order valence-corrected chi connectivity index (χ2v) is 8.58. The lowest BCUT2D eigenvalue weighted by Gasteiger charge is -2.29. The highest BCUT2D eigenvalue weighted by Crippen LogP contribution is 2.36. The number of hydrogen-bond acceptors (Lipinski definition) is 6. The number of pyridine rings is 1. The van der Waals surface area contributed by atoms with E-state index in [9.17, 15) is 4.39 Å². The number of aromatic nitrogens is 6. The molecule has 8 nitrogen and oxygen atoms in total. The first-order valence-electron chi connectivity index (χ1n) is 11.2. The van der Waals surface area contributed by atoms with E-state index in [1.165, 1.54) is 6.20 Å². The number of fused-ring (bicyclic) bond motifs is 2. The third-order valence-electron chi connectivity index (χ3n) is 6.23. The highest BCUT2D eigenvalue weighted by Gasteiger charge is 2.23. The van der Waals surface area contributed by atoms with Crippen LogP contribution in [0.25, 0.3) is 39.0 Å². The summed E-state index contributed by atoms with van der Waals surface area (Å²) in [6.45, 7) is 4.62. The first-order chi connectivity index (χ1) is 17.0. The van der Waals surface area contributed by atoms with Crippen LogP contribution in [-0.4, -0.2) is 56.0 Å². The molecule has 35 heavy (non-hydrogen) atoms. The average Bonchev–Trinajstić information content (AvgIpc) is 3.49. The van der Waals surface area contributed by atoms with Crippen LogP contribution in [0.2, 0.25) is 5.28 Å². The third kappa shape index (κ3) is 3.60. The number of halogens is 3. The number of morpholine rings is 1. The van der Waals surface area contributed by atoms with Gasteiger partial charge in [-0.2, -0.15) is 0 Å². The molecule has 0 atom stereocenters. The molecule has 0 amide bonds. The van der Waals surface area contributed by atoms with E-state index >= 15 is 4.39 Å². The zero-order chi connectivity index (χ0) is 24.1. The molecule has 6 rings (SSSR count). The van der Waals surface area contributed by atoms with E-state index in [2.05, 4.69) is 25.1 Å². The number of imidazole rings is 1. The van der Waals surface area contributed by atoms with E-state index in [0.29, 0.717) is 48.1 Å². The lowest BCUT2D eigenvalue weighted by atomic mass is 10.1. The molecule has 5 aromatic rings. The molecule has 178 valence electrons. The topological polar surface area (TPSA) is 84.8 Å². The Balaban J connectivity index is 1.70. The third-order valence-corrected chi connectivity index (χ3v) is 6.40. The molecular formula is C24H20ClF2N7O. The molecule has 0 spiro atoms. The number of H-pyrrole nitrogens is 1. The Hall–Kier alpha value is -3.63. The van der Waals surface area contributed by atoms with Gasteiger partial charge in [0, 0.05) is 37.0 Å². The Labute approximate surface area is 203 Å². The first-order valence-corrected chi connectivity index (χ1v) is 11.6. The predicted molar refractivity (Wildman–Crippen MR) is 129 cm³/mol. The van der Waals surface area contributed by atoms with Gasteiger partial charge in [-0.25, -0.2) is 13.8 Å². The molecule has 3 aromatic heterocycles. The number of rotatable bonds is 4. The SMILES string of the molecule is CCc1nc2c(-c3nnc(Cl)[nH]3)cc(N3CCOCC3)cc2n1-c1ccnc2c(F)ccc(F)c12. The van der Waals surface area contributed by atoms with E-state index in [1.54, 1.807) is 6.07 Å². The van der Waals surface area contributed by atoms with Gasteiger partial charge in [-0.3, -0.25) is 9.55 Å². The largest absolute Gasteiger partial charge is 0.378 e. The van der Waals surface area contributed by atoms with Crippen LogP contribution in [0.4, 0.5) is 14.5 Å². The van der Waals surface area contributed by atoms with Gasteiger partial charge in [-0.1, -0.05) is 6.92 Å². The fourth-order valence-corrected chi connectivity index (χ4v) is 4.75. The lowest BCUT2D eigenvalue weighted by molar-refractivity contribution is 0.122. The maximum Gasteiger partial charge on any atom is 0.222 e. The van der Waals surface area contributed by atoms with E-state index in [1.807, 2.05) is 23.6 Å². The second-order valence-electron chi connectivity index (χ2n) is 8.22. The van der Waals surface area contributed by atoms with Crippen molar-refractivity contribution in [3.63, 3.8) is 0 Å². The fourth-order valence-electron chi connectivity index (χ4n) is 4.63. The standard InChI is InChI=1S/C24H20ClF2N7O/c1-2-19-29-21-14(23-30-24(25)32-31-23)11-13(33-7-9-35-10-8-33)12-18(21)34(19)17-5-6-28-22-16(27)4-3-15(26)20(17)22/h3-6,11-12H,2,7-10H2,1H3,(H,30,31,32). The summed E-state index contributed by atoms with van der Waals surface area (Å²) < 4.78 is 37.0. The van der Waals surface area contributed by atoms with Crippen LogP contribution in [0.1, 0.15) is 12.7 Å². The van der Waals surface area contributed by atoms with Crippen LogP contribution in [0, 0.1) is 11.6 Å². The number of aromatic amines is 1. The highest BCUT2D eigenvalue weighted by atomic mass is 35.5. The molecular weight excluding hydrogens is 476 g/mol. The molecule has 0 saturated carbocycles. The summed E-state index contributed by atoms with van der Waals surface area (Å²) in [4.78, 5) is 14.2. The fraction of sp³-hybridized carbons (Fsp3) is 0.250. The van der Waals surface area contributed by atoms with Crippen molar-refractivity contribution in [2.75, 3.05) is 31.2 Å². The van der Waals surface area contributed by atoms with Crippen LogP contribution in [0.5, 0.6) is 0 Å². The van der Waals surface area contributed by atoms with Gasteiger partial charge in [0.2, 0.25) is 5.28 Å². The van der Waals surface area contributed by atoms with E-state index < -0.39 is 11.6 Å². The van der Waals surface area contributed by atoms with Crippen LogP contribution in [-0.2, 0) is 11.2 Å². The molecule has 2 aromatic carbocycles. The molecule has 4 heterocycles. The number of nitrogens with zero attached hydrogens (tertiary/aromatic N) is 6. The van der Waals surface area contributed by atoms with Crippen LogP contribution in [0.3, 0.4) is 0 Å². The number of nitrogens with one attached hydrogen (secondary N) is 1. The number of benzene rings is 2. The van der Waals surface area contributed by atoms with Gasteiger partial charge in [0.1, 0.15) is 28.5 Å². The molecule has 1 saturated heterocycles. The Morgan fingerprint density at radius 2 is 1.86 bits per heavy atom. The minimum atomic E-state index is -0.586. The molecule has 0 bridgehead atoms. The van der Waals surface area contributed by atoms with Gasteiger partial charge in [-0.05, 0) is 41.9 Å². The van der Waals surface area contributed by atoms with Gasteiger partial charge in [0.05, 0.1) is 29.8 Å². The van der Waals surface area contributed by atoms with Crippen LogP contribution < -0.4 is 4.90 Å². The summed E-state index contributed by atoms with van der Waals surface area (Å²) in [7, 11) is 0. The van der Waals surface area contributed by atoms with Gasteiger partial charge in [0.25, 0.3) is 0 Å². The smallest absolute Gasteiger partial charge is 0.222 e. The van der Waals surface area contributed by atoms with Gasteiger partial charge >= 0.3 is 0 Å². The van der Waals surface area contributed by atoms with Crippen molar-refractivity contribution in [2.45, 2.75) is 13.3 Å².